The van der Waals surface area contributed by atoms with Gasteiger partial charge in [0.25, 0.3) is 0 Å². The van der Waals surface area contributed by atoms with Crippen LogP contribution < -0.4 is 11.3 Å². The molecular formula is C9H18N4O. The fraction of sp³-hybridized carbons (Fsp3) is 0.667. The molecule has 1 rings (SSSR count). The van der Waals surface area contributed by atoms with E-state index in [9.17, 15) is 0 Å². The third kappa shape index (κ3) is 3.10. The third-order valence-corrected chi connectivity index (χ3v) is 1.88. The van der Waals surface area contributed by atoms with Gasteiger partial charge in [0.05, 0.1) is 30.8 Å². The quantitative estimate of drug-likeness (QED) is 0.529. The van der Waals surface area contributed by atoms with E-state index in [2.05, 4.69) is 10.4 Å². The van der Waals surface area contributed by atoms with Crippen molar-refractivity contribution >= 4 is 0 Å². The lowest BCUT2D eigenvalue weighted by Crippen LogP contribution is -2.32. The van der Waals surface area contributed by atoms with Gasteiger partial charge in [0.15, 0.2) is 0 Å². The molecule has 1 aromatic rings. The van der Waals surface area contributed by atoms with Gasteiger partial charge in [0, 0.05) is 13.2 Å². The van der Waals surface area contributed by atoms with Crippen LogP contribution in [0.4, 0.5) is 0 Å². The normalized spacial score (nSPS) is 13.5. The van der Waals surface area contributed by atoms with Crippen molar-refractivity contribution in [3.63, 3.8) is 0 Å². The van der Waals surface area contributed by atoms with Crippen molar-refractivity contribution in [3.8, 4) is 0 Å². The van der Waals surface area contributed by atoms with Crippen LogP contribution in [0.25, 0.3) is 0 Å². The minimum absolute atomic E-state index is 0.0430. The summed E-state index contributed by atoms with van der Waals surface area (Å²) in [5.41, 5.74) is 3.58. The molecule has 14 heavy (non-hydrogen) atoms. The lowest BCUT2D eigenvalue weighted by atomic mass is 10.2. The van der Waals surface area contributed by atoms with Crippen molar-refractivity contribution in [3.05, 3.63) is 18.2 Å². The van der Waals surface area contributed by atoms with Crippen LogP contribution in [0.3, 0.4) is 0 Å². The summed E-state index contributed by atoms with van der Waals surface area (Å²) in [6.45, 7) is 4.52. The van der Waals surface area contributed by atoms with Gasteiger partial charge >= 0.3 is 0 Å². The number of aromatic nitrogens is 2. The maximum absolute atomic E-state index is 5.47. The Morgan fingerprint density at radius 3 is 2.79 bits per heavy atom. The van der Waals surface area contributed by atoms with E-state index < -0.39 is 0 Å². The summed E-state index contributed by atoms with van der Waals surface area (Å²) < 4.78 is 7.35. The van der Waals surface area contributed by atoms with Gasteiger partial charge in [-0.05, 0) is 13.8 Å². The monoisotopic (exact) mass is 198 g/mol. The third-order valence-electron chi connectivity index (χ3n) is 1.88. The SMILES string of the molecule is CC(C)OCC(NN)c1cn(C)cn1. The first-order valence-electron chi connectivity index (χ1n) is 4.69. The average molecular weight is 198 g/mol. The summed E-state index contributed by atoms with van der Waals surface area (Å²) in [5, 5.41) is 0. The first kappa shape index (κ1) is 11.2. The van der Waals surface area contributed by atoms with Gasteiger partial charge in [0.2, 0.25) is 0 Å². The van der Waals surface area contributed by atoms with Crippen LogP contribution in [-0.2, 0) is 11.8 Å². The van der Waals surface area contributed by atoms with Crippen molar-refractivity contribution in [1.29, 1.82) is 0 Å². The van der Waals surface area contributed by atoms with Crippen LogP contribution in [0.5, 0.6) is 0 Å². The topological polar surface area (TPSA) is 65.1 Å². The number of imidazole rings is 1. The number of hydrazine groups is 1. The molecule has 1 heterocycles. The second-order valence-electron chi connectivity index (χ2n) is 3.57. The number of rotatable bonds is 5. The number of aryl methyl sites for hydroxylation is 1. The van der Waals surface area contributed by atoms with E-state index in [1.165, 1.54) is 0 Å². The first-order chi connectivity index (χ1) is 6.63. The van der Waals surface area contributed by atoms with Gasteiger partial charge in [-0.25, -0.2) is 10.4 Å². The van der Waals surface area contributed by atoms with Crippen LogP contribution >= 0.6 is 0 Å². The van der Waals surface area contributed by atoms with Gasteiger partial charge in [-0.1, -0.05) is 0 Å². The lowest BCUT2D eigenvalue weighted by Gasteiger charge is -2.15. The molecule has 0 amide bonds. The number of hydrogen-bond donors (Lipinski definition) is 2. The second-order valence-corrected chi connectivity index (χ2v) is 3.57. The Labute approximate surface area is 84.2 Å². The number of ether oxygens (including phenoxy) is 1. The average Bonchev–Trinajstić information content (AvgIpc) is 2.53. The molecular weight excluding hydrogens is 180 g/mol. The minimum Gasteiger partial charge on any atom is -0.377 e. The molecule has 0 saturated heterocycles. The highest BCUT2D eigenvalue weighted by Gasteiger charge is 2.12. The van der Waals surface area contributed by atoms with E-state index in [0.29, 0.717) is 6.61 Å². The predicted octanol–water partition coefficient (Wildman–Crippen LogP) is 0.349. The lowest BCUT2D eigenvalue weighted by molar-refractivity contribution is 0.0604. The summed E-state index contributed by atoms with van der Waals surface area (Å²) in [5.74, 6) is 5.42. The van der Waals surface area contributed by atoms with Crippen molar-refractivity contribution in [2.24, 2.45) is 12.9 Å². The van der Waals surface area contributed by atoms with E-state index in [1.807, 2.05) is 31.7 Å². The predicted molar refractivity (Wildman–Crippen MR) is 54.4 cm³/mol. The highest BCUT2D eigenvalue weighted by molar-refractivity contribution is 5.03. The molecule has 0 radical (unpaired) electrons. The minimum atomic E-state index is -0.0430. The molecule has 80 valence electrons. The van der Waals surface area contributed by atoms with Crippen LogP contribution in [0, 0.1) is 0 Å². The number of nitrogens with two attached hydrogens (primary N) is 1. The summed E-state index contributed by atoms with van der Waals surface area (Å²) in [7, 11) is 1.92. The summed E-state index contributed by atoms with van der Waals surface area (Å²) in [6.07, 6.45) is 3.87. The molecule has 0 saturated carbocycles. The zero-order valence-corrected chi connectivity index (χ0v) is 8.90. The number of nitrogens with one attached hydrogen (secondary N) is 1. The maximum Gasteiger partial charge on any atom is 0.0947 e. The summed E-state index contributed by atoms with van der Waals surface area (Å²) >= 11 is 0. The van der Waals surface area contributed by atoms with Crippen molar-refractivity contribution in [1.82, 2.24) is 15.0 Å². The fourth-order valence-electron chi connectivity index (χ4n) is 1.12. The molecule has 0 spiro atoms. The van der Waals surface area contributed by atoms with E-state index in [0.717, 1.165) is 5.69 Å². The summed E-state index contributed by atoms with van der Waals surface area (Å²) in [4.78, 5) is 4.21. The Hall–Kier alpha value is -0.910. The van der Waals surface area contributed by atoms with E-state index >= 15 is 0 Å². The molecule has 1 aromatic heterocycles. The Morgan fingerprint density at radius 2 is 2.36 bits per heavy atom. The summed E-state index contributed by atoms with van der Waals surface area (Å²) in [6, 6.07) is -0.0430. The molecule has 0 aliphatic carbocycles. The largest absolute Gasteiger partial charge is 0.377 e. The molecule has 0 aliphatic heterocycles. The molecule has 1 atom stereocenters. The zero-order chi connectivity index (χ0) is 10.6. The smallest absolute Gasteiger partial charge is 0.0947 e. The van der Waals surface area contributed by atoms with E-state index in [1.54, 1.807) is 6.33 Å². The van der Waals surface area contributed by atoms with Gasteiger partial charge in [-0.3, -0.25) is 5.84 Å². The van der Waals surface area contributed by atoms with E-state index in [-0.39, 0.29) is 12.1 Å². The Balaban J connectivity index is 2.54. The standard InChI is InChI=1S/C9H18N4O/c1-7(2)14-5-9(12-10)8-4-13(3)6-11-8/h4,6-7,9,12H,5,10H2,1-3H3. The van der Waals surface area contributed by atoms with Crippen LogP contribution in [0.1, 0.15) is 25.6 Å². The van der Waals surface area contributed by atoms with Crippen molar-refractivity contribution in [2.45, 2.75) is 26.0 Å². The van der Waals surface area contributed by atoms with Crippen molar-refractivity contribution in [2.75, 3.05) is 6.61 Å². The number of nitrogens with zero attached hydrogens (tertiary/aromatic N) is 2. The zero-order valence-electron chi connectivity index (χ0n) is 8.90. The van der Waals surface area contributed by atoms with Crippen LogP contribution in [0.2, 0.25) is 0 Å². The van der Waals surface area contributed by atoms with Gasteiger partial charge in [-0.15, -0.1) is 0 Å². The molecule has 1 unspecified atom stereocenters. The first-order valence-corrected chi connectivity index (χ1v) is 4.69. The van der Waals surface area contributed by atoms with Crippen molar-refractivity contribution < 1.29 is 4.74 Å². The highest BCUT2D eigenvalue weighted by Crippen LogP contribution is 2.09. The Bertz CT molecular complexity index is 272. The van der Waals surface area contributed by atoms with Crippen LogP contribution in [0.15, 0.2) is 12.5 Å². The molecule has 0 bridgehead atoms. The Morgan fingerprint density at radius 1 is 1.64 bits per heavy atom. The van der Waals surface area contributed by atoms with Gasteiger partial charge < -0.3 is 9.30 Å². The fourth-order valence-corrected chi connectivity index (χ4v) is 1.12. The number of hydrogen-bond acceptors (Lipinski definition) is 4. The second kappa shape index (κ2) is 5.09. The molecule has 0 fully saturated rings. The highest BCUT2D eigenvalue weighted by atomic mass is 16.5. The van der Waals surface area contributed by atoms with E-state index in [4.69, 9.17) is 10.6 Å². The molecule has 3 N–H and O–H groups in total. The van der Waals surface area contributed by atoms with Gasteiger partial charge in [-0.2, -0.15) is 0 Å². The molecule has 5 nitrogen and oxygen atoms in total. The Kier molecular flexibility index (Phi) is 4.06. The molecule has 0 aliphatic rings. The van der Waals surface area contributed by atoms with Gasteiger partial charge in [0.1, 0.15) is 0 Å². The van der Waals surface area contributed by atoms with Crippen LogP contribution in [-0.4, -0.2) is 22.3 Å². The maximum atomic E-state index is 5.47. The molecule has 0 aromatic carbocycles. The molecule has 5 heteroatoms.